The summed E-state index contributed by atoms with van der Waals surface area (Å²) < 4.78 is 5.49. The maximum Gasteiger partial charge on any atom is 0.128 e. The molecule has 0 aliphatic carbocycles. The number of methoxy groups -OCH3 is 1. The first-order valence-electron chi connectivity index (χ1n) is 5.80. The normalized spacial score (nSPS) is 20.8. The Balaban J connectivity index is 2.40. The van der Waals surface area contributed by atoms with E-state index in [1.54, 1.807) is 7.11 Å². The van der Waals surface area contributed by atoms with Gasteiger partial charge in [-0.2, -0.15) is 0 Å². The fourth-order valence-corrected chi connectivity index (χ4v) is 2.66. The predicted octanol–water partition coefficient (Wildman–Crippen LogP) is 3.47. The van der Waals surface area contributed by atoms with Crippen molar-refractivity contribution in [2.75, 3.05) is 13.7 Å². The molecule has 0 radical (unpaired) electrons. The van der Waals surface area contributed by atoms with Crippen molar-refractivity contribution in [2.45, 2.75) is 32.2 Å². The van der Waals surface area contributed by atoms with Crippen LogP contribution in [0.2, 0.25) is 5.02 Å². The highest BCUT2D eigenvalue weighted by molar-refractivity contribution is 6.31. The van der Waals surface area contributed by atoms with Crippen LogP contribution >= 0.6 is 11.6 Å². The Labute approximate surface area is 102 Å². The molecule has 1 aliphatic heterocycles. The molecule has 2 nitrogen and oxygen atoms in total. The molecule has 0 aromatic heterocycles. The van der Waals surface area contributed by atoms with Gasteiger partial charge in [-0.05, 0) is 37.9 Å². The second-order valence-corrected chi connectivity index (χ2v) is 4.72. The van der Waals surface area contributed by atoms with Crippen molar-refractivity contribution in [1.82, 2.24) is 5.32 Å². The van der Waals surface area contributed by atoms with E-state index in [0.29, 0.717) is 6.04 Å². The van der Waals surface area contributed by atoms with Crippen molar-refractivity contribution in [3.8, 4) is 5.75 Å². The molecular formula is C13H18ClNO. The number of nitrogens with one attached hydrogen (secondary N) is 1. The molecule has 88 valence electrons. The second-order valence-electron chi connectivity index (χ2n) is 4.31. The van der Waals surface area contributed by atoms with Crippen LogP contribution in [0, 0.1) is 6.92 Å². The topological polar surface area (TPSA) is 21.3 Å². The van der Waals surface area contributed by atoms with Crippen LogP contribution in [0.4, 0.5) is 0 Å². The van der Waals surface area contributed by atoms with Crippen LogP contribution < -0.4 is 10.1 Å². The average molecular weight is 240 g/mol. The first-order chi connectivity index (χ1) is 7.74. The number of hydrogen-bond acceptors (Lipinski definition) is 2. The number of rotatable bonds is 2. The highest BCUT2D eigenvalue weighted by atomic mass is 35.5. The van der Waals surface area contributed by atoms with Crippen LogP contribution in [0.15, 0.2) is 12.1 Å². The smallest absolute Gasteiger partial charge is 0.128 e. The van der Waals surface area contributed by atoms with Crippen molar-refractivity contribution in [1.29, 1.82) is 0 Å². The highest BCUT2D eigenvalue weighted by Gasteiger charge is 2.22. The van der Waals surface area contributed by atoms with Crippen molar-refractivity contribution >= 4 is 11.6 Å². The molecule has 0 bridgehead atoms. The number of piperidine rings is 1. The minimum atomic E-state index is 0.344. The van der Waals surface area contributed by atoms with E-state index >= 15 is 0 Å². The van der Waals surface area contributed by atoms with Gasteiger partial charge >= 0.3 is 0 Å². The fraction of sp³-hybridized carbons (Fsp3) is 0.538. The van der Waals surface area contributed by atoms with Gasteiger partial charge in [0.2, 0.25) is 0 Å². The summed E-state index contributed by atoms with van der Waals surface area (Å²) in [6, 6.07) is 4.31. The molecule has 2 rings (SSSR count). The van der Waals surface area contributed by atoms with Crippen LogP contribution in [-0.2, 0) is 0 Å². The minimum Gasteiger partial charge on any atom is -0.496 e. The Hall–Kier alpha value is -0.730. The SMILES string of the molecule is COc1c(C)ccc(Cl)c1C1CCCCN1. The summed E-state index contributed by atoms with van der Waals surface area (Å²) in [5.41, 5.74) is 2.28. The lowest BCUT2D eigenvalue weighted by Crippen LogP contribution is -2.27. The molecule has 1 N–H and O–H groups in total. The zero-order valence-electron chi connectivity index (χ0n) is 9.85. The monoisotopic (exact) mass is 239 g/mol. The van der Waals surface area contributed by atoms with Gasteiger partial charge in [-0.3, -0.25) is 0 Å². The van der Waals surface area contributed by atoms with Crippen LogP contribution in [0.25, 0.3) is 0 Å². The second kappa shape index (κ2) is 5.07. The van der Waals surface area contributed by atoms with Crippen molar-refractivity contribution in [2.24, 2.45) is 0 Å². The summed E-state index contributed by atoms with van der Waals surface area (Å²) in [7, 11) is 1.71. The van der Waals surface area contributed by atoms with Gasteiger partial charge in [0.05, 0.1) is 7.11 Å². The zero-order valence-corrected chi connectivity index (χ0v) is 10.6. The lowest BCUT2D eigenvalue weighted by atomic mass is 9.95. The molecule has 1 unspecified atom stereocenters. The molecule has 1 aromatic carbocycles. The number of benzene rings is 1. The van der Waals surface area contributed by atoms with E-state index in [1.807, 2.05) is 12.1 Å². The first kappa shape index (κ1) is 11.7. The molecule has 1 atom stereocenters. The van der Waals surface area contributed by atoms with Gasteiger partial charge < -0.3 is 10.1 Å². The van der Waals surface area contributed by atoms with Crippen LogP contribution in [0.3, 0.4) is 0 Å². The third kappa shape index (κ3) is 2.18. The Morgan fingerprint density at radius 1 is 1.38 bits per heavy atom. The number of ether oxygens (including phenoxy) is 1. The van der Waals surface area contributed by atoms with E-state index in [9.17, 15) is 0 Å². The zero-order chi connectivity index (χ0) is 11.5. The largest absolute Gasteiger partial charge is 0.496 e. The van der Waals surface area contributed by atoms with E-state index in [4.69, 9.17) is 16.3 Å². The Kier molecular flexibility index (Phi) is 3.72. The molecule has 1 heterocycles. The highest BCUT2D eigenvalue weighted by Crippen LogP contribution is 2.37. The summed E-state index contributed by atoms with van der Waals surface area (Å²) in [5, 5.41) is 4.32. The van der Waals surface area contributed by atoms with Gasteiger partial charge in [0, 0.05) is 16.6 Å². The van der Waals surface area contributed by atoms with Crippen LogP contribution in [-0.4, -0.2) is 13.7 Å². The summed E-state index contributed by atoms with van der Waals surface area (Å²) in [6.07, 6.45) is 3.65. The maximum absolute atomic E-state index is 6.29. The van der Waals surface area contributed by atoms with Gasteiger partial charge in [0.1, 0.15) is 5.75 Å². The van der Waals surface area contributed by atoms with Crippen molar-refractivity contribution < 1.29 is 4.74 Å². The molecule has 0 saturated carbocycles. The Morgan fingerprint density at radius 3 is 2.81 bits per heavy atom. The molecule has 0 spiro atoms. The molecular weight excluding hydrogens is 222 g/mol. The average Bonchev–Trinajstić information content (AvgIpc) is 2.33. The Morgan fingerprint density at radius 2 is 2.19 bits per heavy atom. The summed E-state index contributed by atoms with van der Waals surface area (Å²) >= 11 is 6.29. The fourth-order valence-electron chi connectivity index (χ4n) is 2.38. The molecule has 3 heteroatoms. The van der Waals surface area contributed by atoms with Crippen LogP contribution in [0.1, 0.15) is 36.4 Å². The maximum atomic E-state index is 6.29. The summed E-state index contributed by atoms with van der Waals surface area (Å²) in [5.74, 6) is 0.937. The third-order valence-electron chi connectivity index (χ3n) is 3.20. The molecule has 1 aromatic rings. The predicted molar refractivity (Wildman–Crippen MR) is 67.3 cm³/mol. The number of hydrogen-bond donors (Lipinski definition) is 1. The van der Waals surface area contributed by atoms with E-state index in [0.717, 1.165) is 34.9 Å². The number of halogens is 1. The van der Waals surface area contributed by atoms with Gasteiger partial charge in [-0.15, -0.1) is 0 Å². The molecule has 1 fully saturated rings. The summed E-state index contributed by atoms with van der Waals surface area (Å²) in [4.78, 5) is 0. The lowest BCUT2D eigenvalue weighted by molar-refractivity contribution is 0.372. The van der Waals surface area contributed by atoms with E-state index in [-0.39, 0.29) is 0 Å². The van der Waals surface area contributed by atoms with Gasteiger partial charge in [0.25, 0.3) is 0 Å². The minimum absolute atomic E-state index is 0.344. The van der Waals surface area contributed by atoms with E-state index in [1.165, 1.54) is 12.8 Å². The van der Waals surface area contributed by atoms with Crippen molar-refractivity contribution in [3.63, 3.8) is 0 Å². The van der Waals surface area contributed by atoms with Gasteiger partial charge in [0.15, 0.2) is 0 Å². The standard InChI is InChI=1S/C13H18ClNO/c1-9-6-7-10(14)12(13(9)16-2)11-5-3-4-8-15-11/h6-7,11,15H,3-5,8H2,1-2H3. The Bertz CT molecular complexity index is 372. The van der Waals surface area contributed by atoms with Crippen molar-refractivity contribution in [3.05, 3.63) is 28.3 Å². The molecule has 1 saturated heterocycles. The lowest BCUT2D eigenvalue weighted by Gasteiger charge is -2.26. The third-order valence-corrected chi connectivity index (χ3v) is 3.53. The van der Waals surface area contributed by atoms with Crippen LogP contribution in [0.5, 0.6) is 5.75 Å². The van der Waals surface area contributed by atoms with E-state index < -0.39 is 0 Å². The quantitative estimate of drug-likeness (QED) is 0.853. The molecule has 1 aliphatic rings. The van der Waals surface area contributed by atoms with Gasteiger partial charge in [-0.25, -0.2) is 0 Å². The van der Waals surface area contributed by atoms with Gasteiger partial charge in [-0.1, -0.05) is 24.1 Å². The van der Waals surface area contributed by atoms with E-state index in [2.05, 4.69) is 12.2 Å². The molecule has 0 amide bonds. The first-order valence-corrected chi connectivity index (χ1v) is 6.18. The number of aryl methyl sites for hydroxylation is 1. The molecule has 16 heavy (non-hydrogen) atoms. The summed E-state index contributed by atoms with van der Waals surface area (Å²) in [6.45, 7) is 3.12.